The highest BCUT2D eigenvalue weighted by Gasteiger charge is 2.55. The third kappa shape index (κ3) is 7.17. The van der Waals surface area contributed by atoms with Gasteiger partial charge in [0.2, 0.25) is 11.8 Å². The molecule has 0 bridgehead atoms. The van der Waals surface area contributed by atoms with Crippen LogP contribution in [0.5, 0.6) is 0 Å². The molecule has 0 spiro atoms. The number of amides is 4. The van der Waals surface area contributed by atoms with Crippen LogP contribution in [0.15, 0.2) is 30.4 Å². The van der Waals surface area contributed by atoms with Crippen molar-refractivity contribution in [2.24, 2.45) is 5.92 Å². The number of halogens is 1. The van der Waals surface area contributed by atoms with Crippen LogP contribution in [0.25, 0.3) is 0 Å². The number of aliphatic hydroxyl groups excluding tert-OH is 1. The summed E-state index contributed by atoms with van der Waals surface area (Å²) in [4.78, 5) is 56.4. The van der Waals surface area contributed by atoms with E-state index in [0.29, 0.717) is 30.4 Å². The lowest BCUT2D eigenvalue weighted by atomic mass is 10.0. The number of hydrogen-bond donors (Lipinski definition) is 3. The lowest BCUT2D eigenvalue weighted by molar-refractivity contribution is -0.140. The molecule has 1 saturated heterocycles. The lowest BCUT2D eigenvalue weighted by Crippen LogP contribution is -2.56. The highest BCUT2D eigenvalue weighted by Crippen LogP contribution is 2.44. The number of nitrogens with zero attached hydrogens (tertiary/aromatic N) is 2. The van der Waals surface area contributed by atoms with Crippen LogP contribution in [-0.2, 0) is 32.2 Å². The van der Waals surface area contributed by atoms with Gasteiger partial charge in [-0.25, -0.2) is 14.0 Å². The number of nitrogens with one attached hydrogen (secondary N) is 2. The molecule has 11 nitrogen and oxygen atoms in total. The van der Waals surface area contributed by atoms with Gasteiger partial charge in [-0.15, -0.1) is 0 Å². The Morgan fingerprint density at radius 3 is 2.70 bits per heavy atom. The first-order chi connectivity index (χ1) is 20.9. The molecular formula is C32H43FN4O7. The van der Waals surface area contributed by atoms with Gasteiger partial charge in [0.1, 0.15) is 29.6 Å². The van der Waals surface area contributed by atoms with Crippen molar-refractivity contribution in [2.75, 3.05) is 13.2 Å². The maximum atomic E-state index is 14.3. The first kappa shape index (κ1) is 31.7. The third-order valence-corrected chi connectivity index (χ3v) is 8.81. The van der Waals surface area contributed by atoms with Gasteiger partial charge in [-0.3, -0.25) is 14.5 Å². The average molecular weight is 615 g/mol. The van der Waals surface area contributed by atoms with Crippen LogP contribution in [0.3, 0.4) is 0 Å². The molecule has 4 amide bonds. The smallest absolute Gasteiger partial charge is 0.410 e. The molecule has 3 aliphatic heterocycles. The molecule has 0 radical (unpaired) electrons. The third-order valence-electron chi connectivity index (χ3n) is 8.81. The number of aliphatic hydroxyl groups is 1. The van der Waals surface area contributed by atoms with Crippen LogP contribution in [0.1, 0.15) is 76.8 Å². The van der Waals surface area contributed by atoms with Gasteiger partial charge in [-0.1, -0.05) is 37.1 Å². The number of benzene rings is 1. The van der Waals surface area contributed by atoms with E-state index in [1.165, 1.54) is 15.9 Å². The van der Waals surface area contributed by atoms with Gasteiger partial charge < -0.3 is 30.1 Å². The Morgan fingerprint density at radius 1 is 1.18 bits per heavy atom. The Labute approximate surface area is 257 Å². The fourth-order valence-electron chi connectivity index (χ4n) is 6.34. The molecule has 0 aromatic heterocycles. The second-order valence-corrected chi connectivity index (χ2v) is 13.4. The molecule has 12 heteroatoms. The molecule has 1 aliphatic carbocycles. The van der Waals surface area contributed by atoms with Gasteiger partial charge in [-0.05, 0) is 58.1 Å². The summed E-state index contributed by atoms with van der Waals surface area (Å²) in [6.45, 7) is 5.15. The highest BCUT2D eigenvalue weighted by molar-refractivity contribution is 5.92. The summed E-state index contributed by atoms with van der Waals surface area (Å²) in [5.41, 5.74) is -0.436. The van der Waals surface area contributed by atoms with E-state index in [0.717, 1.165) is 19.3 Å². The van der Waals surface area contributed by atoms with Gasteiger partial charge in [0, 0.05) is 24.4 Å². The highest BCUT2D eigenvalue weighted by atomic mass is 19.1. The van der Waals surface area contributed by atoms with Crippen molar-refractivity contribution in [3.63, 3.8) is 0 Å². The minimum atomic E-state index is -0.991. The summed E-state index contributed by atoms with van der Waals surface area (Å²) in [6, 6.07) is 2.76. The van der Waals surface area contributed by atoms with Gasteiger partial charge >= 0.3 is 12.2 Å². The predicted octanol–water partition coefficient (Wildman–Crippen LogP) is 3.53. The topological polar surface area (TPSA) is 138 Å². The predicted molar refractivity (Wildman–Crippen MR) is 157 cm³/mol. The number of hydrogen-bond acceptors (Lipinski definition) is 7. The molecular weight excluding hydrogens is 571 g/mol. The van der Waals surface area contributed by atoms with E-state index < -0.39 is 53.3 Å². The Bertz CT molecular complexity index is 1310. The molecule has 240 valence electrons. The van der Waals surface area contributed by atoms with E-state index in [2.05, 4.69) is 16.7 Å². The van der Waals surface area contributed by atoms with E-state index in [1.54, 1.807) is 32.9 Å². The van der Waals surface area contributed by atoms with Crippen LogP contribution >= 0.6 is 0 Å². The molecule has 44 heavy (non-hydrogen) atoms. The van der Waals surface area contributed by atoms with Crippen LogP contribution in [0, 0.1) is 11.7 Å². The average Bonchev–Trinajstić information content (AvgIpc) is 3.26. The number of fused-ring (bicyclic) bond motifs is 3. The van der Waals surface area contributed by atoms with Gasteiger partial charge in [0.15, 0.2) is 0 Å². The Kier molecular flexibility index (Phi) is 9.20. The molecule has 0 unspecified atom stereocenters. The fourth-order valence-corrected chi connectivity index (χ4v) is 6.34. The monoisotopic (exact) mass is 614 g/mol. The second kappa shape index (κ2) is 12.7. The van der Waals surface area contributed by atoms with Crippen molar-refractivity contribution in [1.82, 2.24) is 20.4 Å². The molecule has 1 saturated carbocycles. The summed E-state index contributed by atoms with van der Waals surface area (Å²) in [6.07, 6.45) is 6.08. The fraction of sp³-hybridized carbons (Fsp3) is 0.625. The van der Waals surface area contributed by atoms with E-state index in [9.17, 15) is 28.7 Å². The van der Waals surface area contributed by atoms with Gasteiger partial charge in [0.05, 0.1) is 25.2 Å². The Hall–Kier alpha value is -3.67. The summed E-state index contributed by atoms with van der Waals surface area (Å²) < 4.78 is 25.5. The number of carbonyl (C=O) groups excluding carboxylic acids is 4. The quantitative estimate of drug-likeness (QED) is 0.443. The van der Waals surface area contributed by atoms with Crippen LogP contribution in [0.2, 0.25) is 0 Å². The van der Waals surface area contributed by atoms with Crippen molar-refractivity contribution >= 4 is 24.0 Å². The zero-order valence-corrected chi connectivity index (χ0v) is 25.6. The minimum absolute atomic E-state index is 0.0143. The van der Waals surface area contributed by atoms with Crippen molar-refractivity contribution in [1.29, 1.82) is 0 Å². The summed E-state index contributed by atoms with van der Waals surface area (Å²) in [7, 11) is 0. The first-order valence-corrected chi connectivity index (χ1v) is 15.5. The maximum Gasteiger partial charge on any atom is 0.410 e. The SMILES string of the molecule is CC(C)(C)OC(=O)N[C@H]1CCCCC/C=C\[C@H]2C[C@@]2(CO)NC(=O)[C@@H]2C[C@@H](OC(=O)N3Cc4cccc(F)c4C3)CN2C1=O. The second-order valence-electron chi connectivity index (χ2n) is 13.4. The molecule has 5 atom stereocenters. The normalized spacial score (nSPS) is 29.8. The molecule has 4 aliphatic rings. The van der Waals surface area contributed by atoms with Crippen molar-refractivity contribution < 1.29 is 38.1 Å². The Balaban J connectivity index is 1.35. The van der Waals surface area contributed by atoms with Crippen LogP contribution in [0.4, 0.5) is 14.0 Å². The van der Waals surface area contributed by atoms with Crippen molar-refractivity contribution in [3.8, 4) is 0 Å². The molecule has 3 heterocycles. The summed E-state index contributed by atoms with van der Waals surface area (Å²) in [5.74, 6) is -1.33. The van der Waals surface area contributed by atoms with E-state index in [-0.39, 0.29) is 44.4 Å². The first-order valence-electron chi connectivity index (χ1n) is 15.5. The Morgan fingerprint density at radius 2 is 1.98 bits per heavy atom. The number of alkyl carbamates (subject to hydrolysis) is 1. The minimum Gasteiger partial charge on any atom is -0.444 e. The molecule has 3 N–H and O–H groups in total. The largest absolute Gasteiger partial charge is 0.444 e. The zero-order valence-electron chi connectivity index (χ0n) is 25.6. The molecule has 2 fully saturated rings. The van der Waals surface area contributed by atoms with E-state index >= 15 is 0 Å². The van der Waals surface area contributed by atoms with Gasteiger partial charge in [0.25, 0.3) is 0 Å². The van der Waals surface area contributed by atoms with Crippen molar-refractivity contribution in [3.05, 3.63) is 47.3 Å². The number of carbonyl (C=O) groups is 4. The van der Waals surface area contributed by atoms with Crippen molar-refractivity contribution in [2.45, 2.75) is 108 Å². The standard InChI is InChI=1S/C32H43FN4O7/c1-31(2,3)44-29(41)34-25-13-8-6-4-5-7-11-21-15-32(21,19-38)35-27(39)26-14-22(17-37(26)28(25)40)43-30(42)36-16-20-10-9-12-24(33)23(20)18-36/h7,9-12,21-22,25-26,38H,4-6,8,13-19H2,1-3H3,(H,34,41)(H,35,39)/b11-7-/t21-,22+,25-,26-,32-/m0/s1. The lowest BCUT2D eigenvalue weighted by Gasteiger charge is -2.30. The van der Waals surface area contributed by atoms with Gasteiger partial charge in [-0.2, -0.15) is 0 Å². The molecule has 5 rings (SSSR count). The van der Waals surface area contributed by atoms with E-state index in [4.69, 9.17) is 9.47 Å². The van der Waals surface area contributed by atoms with Crippen LogP contribution < -0.4 is 10.6 Å². The number of allylic oxidation sites excluding steroid dienone is 1. The maximum absolute atomic E-state index is 14.3. The molecule has 1 aromatic rings. The summed E-state index contributed by atoms with van der Waals surface area (Å²) in [5, 5.41) is 15.9. The van der Waals surface area contributed by atoms with Crippen LogP contribution in [-0.4, -0.2) is 81.4 Å². The van der Waals surface area contributed by atoms with E-state index in [1.807, 2.05) is 6.08 Å². The summed E-state index contributed by atoms with van der Waals surface area (Å²) >= 11 is 0. The zero-order chi connectivity index (χ0) is 31.6. The number of rotatable bonds is 3. The molecule has 1 aromatic carbocycles. The number of ether oxygens (including phenoxy) is 2.